The molecular weight excluding hydrogens is 817 g/mol. The molecule has 9 aromatic rings. The van der Waals surface area contributed by atoms with Crippen LogP contribution < -0.4 is 14.5 Å². The van der Waals surface area contributed by atoms with E-state index in [-0.39, 0.29) is 21.7 Å². The van der Waals surface area contributed by atoms with Gasteiger partial charge in [-0.1, -0.05) is 166 Å². The Kier molecular flexibility index (Phi) is 10.7. The second kappa shape index (κ2) is 16.3. The second-order valence-electron chi connectivity index (χ2n) is 21.5. The molecule has 0 radical (unpaired) electrons. The molecule has 5 heteroatoms. The molecule has 0 bridgehead atoms. The van der Waals surface area contributed by atoms with Crippen molar-refractivity contribution in [1.29, 1.82) is 0 Å². The molecule has 0 unspecified atom stereocenters. The highest BCUT2D eigenvalue weighted by atomic mass is 16.5. The molecule has 5 nitrogen and oxygen atoms in total. The highest BCUT2D eigenvalue weighted by molar-refractivity contribution is 6.09. The average molecular weight is 879 g/mol. The summed E-state index contributed by atoms with van der Waals surface area (Å²) < 4.78 is 9.47. The number of hydrogen-bond donors (Lipinski definition) is 0. The molecule has 3 heterocycles. The maximum Gasteiger partial charge on any atom is 0.137 e. The molecule has 336 valence electrons. The molecule has 0 saturated carbocycles. The molecule has 0 saturated heterocycles. The van der Waals surface area contributed by atoms with Crippen LogP contribution in [0.3, 0.4) is 0 Å². The summed E-state index contributed by atoms with van der Waals surface area (Å²) >= 11 is 0. The molecule has 1 aliphatic rings. The van der Waals surface area contributed by atoms with E-state index in [1.807, 2.05) is 6.20 Å². The van der Waals surface area contributed by atoms with Crippen LogP contribution in [0, 0.1) is 0 Å². The van der Waals surface area contributed by atoms with Crippen LogP contribution in [0.25, 0.3) is 27.6 Å². The first-order valence-corrected chi connectivity index (χ1v) is 23.7. The molecule has 2 aromatic heterocycles. The number of aromatic nitrogens is 2. The van der Waals surface area contributed by atoms with Crippen molar-refractivity contribution in [1.82, 2.24) is 9.55 Å². The molecule has 0 spiro atoms. The van der Waals surface area contributed by atoms with Crippen molar-refractivity contribution in [2.24, 2.45) is 0 Å². The maximum atomic E-state index is 7.14. The first-order chi connectivity index (χ1) is 32.0. The van der Waals surface area contributed by atoms with Gasteiger partial charge in [0.2, 0.25) is 0 Å². The van der Waals surface area contributed by atoms with E-state index in [1.54, 1.807) is 0 Å². The lowest BCUT2D eigenvalue weighted by Gasteiger charge is -2.29. The van der Waals surface area contributed by atoms with Crippen molar-refractivity contribution in [2.75, 3.05) is 16.5 Å². The number of pyridine rings is 1. The largest absolute Gasteiger partial charge is 0.457 e. The van der Waals surface area contributed by atoms with E-state index in [1.165, 1.54) is 50.1 Å². The fraction of sp³-hybridized carbons (Fsp3) is 0.242. The Hall–Kier alpha value is -7.11. The summed E-state index contributed by atoms with van der Waals surface area (Å²) in [6.07, 6.45) is 1.95. The summed E-state index contributed by atoms with van der Waals surface area (Å²) in [6.45, 7) is 23.5. The lowest BCUT2D eigenvalue weighted by Crippen LogP contribution is -2.25. The molecule has 0 fully saturated rings. The minimum Gasteiger partial charge on any atom is -0.457 e. The van der Waals surface area contributed by atoms with Crippen LogP contribution in [0.4, 0.5) is 22.7 Å². The molecule has 0 amide bonds. The molecule has 0 atom stereocenters. The highest BCUT2D eigenvalue weighted by Gasteiger charge is 2.32. The van der Waals surface area contributed by atoms with Crippen molar-refractivity contribution in [3.05, 3.63) is 216 Å². The lowest BCUT2D eigenvalue weighted by molar-refractivity contribution is 0.480. The Morgan fingerprint density at radius 2 is 0.940 bits per heavy atom. The zero-order valence-electron chi connectivity index (χ0n) is 40.7. The predicted octanol–water partition coefficient (Wildman–Crippen LogP) is 16.5. The highest BCUT2D eigenvalue weighted by Crippen LogP contribution is 2.48. The van der Waals surface area contributed by atoms with E-state index in [0.717, 1.165) is 45.1 Å². The monoisotopic (exact) mass is 878 g/mol. The quantitative estimate of drug-likeness (QED) is 0.145. The van der Waals surface area contributed by atoms with Crippen molar-refractivity contribution in [2.45, 2.75) is 90.9 Å². The van der Waals surface area contributed by atoms with Gasteiger partial charge in [0.25, 0.3) is 0 Å². The van der Waals surface area contributed by atoms with E-state index in [0.29, 0.717) is 6.67 Å². The van der Waals surface area contributed by atoms with Crippen LogP contribution in [0.15, 0.2) is 182 Å². The van der Waals surface area contributed by atoms with Gasteiger partial charge in [0.05, 0.1) is 22.4 Å². The minimum atomic E-state index is -0.319. The number of ether oxygens (including phenoxy) is 1. The zero-order valence-corrected chi connectivity index (χ0v) is 40.7. The topological polar surface area (TPSA) is 33.5 Å². The van der Waals surface area contributed by atoms with Gasteiger partial charge in [0, 0.05) is 51.3 Å². The summed E-state index contributed by atoms with van der Waals surface area (Å²) in [7, 11) is 0. The van der Waals surface area contributed by atoms with Gasteiger partial charge in [-0.25, -0.2) is 4.98 Å². The summed E-state index contributed by atoms with van der Waals surface area (Å²) in [5.41, 5.74) is 13.7. The van der Waals surface area contributed by atoms with E-state index in [2.05, 4.69) is 260 Å². The SMILES string of the molecule is CC(C)(C)c1cccc(N2CN(c3cc(Oc4ccc5c6ccc(C(C)(C)c7ccccc7)cc6n(-c6cc(C(C)(C)C)ccn6)c5c4)cc(C(C)(C)c4ccccc4)c3)c3ccccc32)c1. The van der Waals surface area contributed by atoms with Gasteiger partial charge in [0.1, 0.15) is 24.0 Å². The van der Waals surface area contributed by atoms with Crippen molar-refractivity contribution < 1.29 is 4.74 Å². The smallest absolute Gasteiger partial charge is 0.137 e. The normalized spacial score (nSPS) is 13.4. The fourth-order valence-electron chi connectivity index (χ4n) is 9.84. The molecule has 0 aliphatic carbocycles. The number of benzene rings is 7. The van der Waals surface area contributed by atoms with Crippen molar-refractivity contribution in [3.63, 3.8) is 0 Å². The fourth-order valence-corrected chi connectivity index (χ4v) is 9.84. The number of fused-ring (bicyclic) bond motifs is 4. The Bertz CT molecular complexity index is 3280. The third-order valence-electron chi connectivity index (χ3n) is 14.2. The summed E-state index contributed by atoms with van der Waals surface area (Å²) in [5, 5.41) is 2.33. The maximum absolute atomic E-state index is 7.14. The average Bonchev–Trinajstić information content (AvgIpc) is 3.87. The van der Waals surface area contributed by atoms with Gasteiger partial charge in [-0.15, -0.1) is 0 Å². The van der Waals surface area contributed by atoms with Crippen molar-refractivity contribution in [3.8, 4) is 17.3 Å². The second-order valence-corrected chi connectivity index (χ2v) is 21.5. The Balaban J connectivity index is 1.12. The zero-order chi connectivity index (χ0) is 46.9. The third-order valence-corrected chi connectivity index (χ3v) is 14.2. The minimum absolute atomic E-state index is 0.0328. The Morgan fingerprint density at radius 1 is 0.403 bits per heavy atom. The van der Waals surface area contributed by atoms with Crippen LogP contribution >= 0.6 is 0 Å². The number of anilines is 4. The van der Waals surface area contributed by atoms with E-state index in [9.17, 15) is 0 Å². The summed E-state index contributed by atoms with van der Waals surface area (Å²) in [5.74, 6) is 2.43. The summed E-state index contributed by atoms with van der Waals surface area (Å²) in [6, 6.07) is 64.0. The van der Waals surface area contributed by atoms with Gasteiger partial charge >= 0.3 is 0 Å². The van der Waals surface area contributed by atoms with Gasteiger partial charge in [-0.05, 0) is 111 Å². The Labute approximate surface area is 397 Å². The van der Waals surface area contributed by atoms with Crippen LogP contribution in [0.1, 0.15) is 103 Å². The van der Waals surface area contributed by atoms with E-state index >= 15 is 0 Å². The molecule has 0 N–H and O–H groups in total. The first kappa shape index (κ1) is 43.8. The van der Waals surface area contributed by atoms with Gasteiger partial charge < -0.3 is 14.5 Å². The molecular formula is C62H62N4O. The standard InChI is InChI=1S/C62H62N4O/c1-59(2,3)44-24-19-25-48(34-44)64-41-65(55-27-18-17-26-54(55)64)49-35-47(62(9,10)43-22-15-12-16-23-43)36-51(39-49)67-50-29-31-53-52-30-28-46(61(7,8)42-20-13-11-14-21-42)37-56(52)66(57(53)40-50)58-38-45(32-33-63-58)60(4,5)6/h11-40H,41H2,1-10H3. The number of rotatable bonds is 9. The van der Waals surface area contributed by atoms with Gasteiger partial charge in [0.15, 0.2) is 0 Å². The number of nitrogens with zero attached hydrogens (tertiary/aromatic N) is 4. The summed E-state index contributed by atoms with van der Waals surface area (Å²) in [4.78, 5) is 9.92. The Morgan fingerprint density at radius 3 is 1.58 bits per heavy atom. The number of para-hydroxylation sites is 2. The van der Waals surface area contributed by atoms with Gasteiger partial charge in [-0.2, -0.15) is 0 Å². The number of hydrogen-bond acceptors (Lipinski definition) is 4. The predicted molar refractivity (Wildman–Crippen MR) is 282 cm³/mol. The first-order valence-electron chi connectivity index (χ1n) is 23.7. The van der Waals surface area contributed by atoms with Crippen LogP contribution in [0.2, 0.25) is 0 Å². The van der Waals surface area contributed by atoms with E-state index in [4.69, 9.17) is 9.72 Å². The lowest BCUT2D eigenvalue weighted by atomic mass is 9.78. The van der Waals surface area contributed by atoms with Crippen LogP contribution in [0.5, 0.6) is 11.5 Å². The molecule has 10 rings (SSSR count). The third kappa shape index (κ3) is 8.05. The van der Waals surface area contributed by atoms with E-state index < -0.39 is 0 Å². The van der Waals surface area contributed by atoms with Crippen LogP contribution in [-0.2, 0) is 21.7 Å². The molecule has 7 aromatic carbocycles. The van der Waals surface area contributed by atoms with Crippen LogP contribution in [-0.4, -0.2) is 16.2 Å². The van der Waals surface area contributed by atoms with Gasteiger partial charge in [-0.3, -0.25) is 4.57 Å². The molecule has 1 aliphatic heterocycles. The molecule has 67 heavy (non-hydrogen) atoms. The van der Waals surface area contributed by atoms with Crippen molar-refractivity contribution >= 4 is 44.6 Å².